The van der Waals surface area contributed by atoms with E-state index in [4.69, 9.17) is 4.74 Å². The topological polar surface area (TPSA) is 21.3 Å². The van der Waals surface area contributed by atoms with Gasteiger partial charge in [0.15, 0.2) is 0 Å². The largest absolute Gasteiger partial charge is 0.383 e. The number of hydrogen-bond donors (Lipinski definition) is 1. The molecule has 0 spiro atoms. The van der Waals surface area contributed by atoms with Crippen LogP contribution in [0.3, 0.4) is 0 Å². The summed E-state index contributed by atoms with van der Waals surface area (Å²) in [5.41, 5.74) is 0.565. The number of hydrogen-bond acceptors (Lipinski definition) is 2. The zero-order valence-electron chi connectivity index (χ0n) is 9.43. The molecule has 4 heteroatoms. The maximum atomic E-state index is 13.2. The van der Waals surface area contributed by atoms with Crippen LogP contribution in [0.15, 0.2) is 18.2 Å². The second kappa shape index (κ2) is 7.30. The van der Waals surface area contributed by atoms with E-state index >= 15 is 0 Å². The lowest BCUT2D eigenvalue weighted by atomic mass is 10.1. The third-order valence-electron chi connectivity index (χ3n) is 2.30. The highest BCUT2D eigenvalue weighted by atomic mass is 19.1. The molecule has 1 aromatic carbocycles. The molecule has 90 valence electrons. The molecule has 2 nitrogen and oxygen atoms in total. The Morgan fingerprint density at radius 3 is 2.75 bits per heavy atom. The Morgan fingerprint density at radius 1 is 1.25 bits per heavy atom. The molecule has 0 radical (unpaired) electrons. The normalized spacial score (nSPS) is 10.7. The van der Waals surface area contributed by atoms with E-state index in [0.29, 0.717) is 18.6 Å². The van der Waals surface area contributed by atoms with E-state index in [-0.39, 0.29) is 0 Å². The van der Waals surface area contributed by atoms with Crippen molar-refractivity contribution in [3.63, 3.8) is 0 Å². The molecule has 0 unspecified atom stereocenters. The zero-order chi connectivity index (χ0) is 11.8. The molecule has 0 aliphatic rings. The van der Waals surface area contributed by atoms with Gasteiger partial charge >= 0.3 is 0 Å². The number of halogens is 2. The third kappa shape index (κ3) is 4.68. The Morgan fingerprint density at radius 2 is 2.06 bits per heavy atom. The number of benzene rings is 1. The Bertz CT molecular complexity index is 318. The minimum Gasteiger partial charge on any atom is -0.383 e. The lowest BCUT2D eigenvalue weighted by molar-refractivity contribution is 0.199. The van der Waals surface area contributed by atoms with Crippen LogP contribution in [0.1, 0.15) is 12.0 Å². The molecule has 1 aromatic rings. The van der Waals surface area contributed by atoms with Crippen LogP contribution in [-0.4, -0.2) is 26.8 Å². The Balaban J connectivity index is 2.21. The Hall–Kier alpha value is -1.00. The first-order valence-electron chi connectivity index (χ1n) is 5.37. The van der Waals surface area contributed by atoms with Gasteiger partial charge in [-0.15, -0.1) is 0 Å². The Kier molecular flexibility index (Phi) is 5.96. The van der Waals surface area contributed by atoms with Gasteiger partial charge in [-0.1, -0.05) is 6.07 Å². The van der Waals surface area contributed by atoms with Gasteiger partial charge in [0.1, 0.15) is 11.6 Å². The molecule has 1 rings (SSSR count). The molecular weight excluding hydrogens is 212 g/mol. The van der Waals surface area contributed by atoms with E-state index in [1.807, 2.05) is 0 Å². The number of rotatable bonds is 7. The molecule has 0 aliphatic heterocycles. The SMILES string of the molecule is COCCNCCCc1ccc(F)cc1F. The standard InChI is InChI=1S/C12H17F2NO/c1-16-8-7-15-6-2-3-10-4-5-11(13)9-12(10)14/h4-5,9,15H,2-3,6-8H2,1H3. The van der Waals surface area contributed by atoms with Crippen LogP contribution in [0, 0.1) is 11.6 Å². The van der Waals surface area contributed by atoms with E-state index in [2.05, 4.69) is 5.32 Å². The number of aryl methyl sites for hydroxylation is 1. The first-order valence-corrected chi connectivity index (χ1v) is 5.37. The van der Waals surface area contributed by atoms with Gasteiger partial charge in [0, 0.05) is 19.7 Å². The second-order valence-electron chi connectivity index (χ2n) is 3.58. The number of nitrogens with one attached hydrogen (secondary N) is 1. The predicted molar refractivity (Wildman–Crippen MR) is 59.4 cm³/mol. The first kappa shape index (κ1) is 13.1. The molecule has 0 aliphatic carbocycles. The quantitative estimate of drug-likeness (QED) is 0.723. The van der Waals surface area contributed by atoms with Crippen molar-refractivity contribution >= 4 is 0 Å². The summed E-state index contributed by atoms with van der Waals surface area (Å²) in [7, 11) is 1.65. The summed E-state index contributed by atoms with van der Waals surface area (Å²) >= 11 is 0. The molecular formula is C12H17F2NO. The fraction of sp³-hybridized carbons (Fsp3) is 0.500. The minimum atomic E-state index is -0.528. The van der Waals surface area contributed by atoms with E-state index < -0.39 is 11.6 Å². The van der Waals surface area contributed by atoms with Crippen molar-refractivity contribution in [2.75, 3.05) is 26.8 Å². The lowest BCUT2D eigenvalue weighted by Gasteiger charge is -2.05. The van der Waals surface area contributed by atoms with Crippen LogP contribution in [0.25, 0.3) is 0 Å². The van der Waals surface area contributed by atoms with E-state index in [9.17, 15) is 8.78 Å². The maximum absolute atomic E-state index is 13.2. The fourth-order valence-corrected chi connectivity index (χ4v) is 1.43. The number of methoxy groups -OCH3 is 1. The third-order valence-corrected chi connectivity index (χ3v) is 2.30. The maximum Gasteiger partial charge on any atom is 0.129 e. The van der Waals surface area contributed by atoms with Gasteiger partial charge in [-0.3, -0.25) is 0 Å². The highest BCUT2D eigenvalue weighted by molar-refractivity contribution is 5.18. The van der Waals surface area contributed by atoms with Gasteiger partial charge in [0.2, 0.25) is 0 Å². The molecule has 0 bridgehead atoms. The molecule has 0 aromatic heterocycles. The number of ether oxygens (including phenoxy) is 1. The van der Waals surface area contributed by atoms with Gasteiger partial charge in [-0.25, -0.2) is 8.78 Å². The van der Waals surface area contributed by atoms with Crippen LogP contribution in [0.2, 0.25) is 0 Å². The van der Waals surface area contributed by atoms with E-state index in [1.165, 1.54) is 12.1 Å². The van der Waals surface area contributed by atoms with Gasteiger partial charge in [0.25, 0.3) is 0 Å². The smallest absolute Gasteiger partial charge is 0.129 e. The average molecular weight is 229 g/mol. The summed E-state index contributed by atoms with van der Waals surface area (Å²) in [4.78, 5) is 0. The van der Waals surface area contributed by atoms with Crippen LogP contribution >= 0.6 is 0 Å². The lowest BCUT2D eigenvalue weighted by Crippen LogP contribution is -2.20. The summed E-state index contributed by atoms with van der Waals surface area (Å²) in [5, 5.41) is 3.17. The highest BCUT2D eigenvalue weighted by Crippen LogP contribution is 2.11. The first-order chi connectivity index (χ1) is 7.74. The van der Waals surface area contributed by atoms with E-state index in [1.54, 1.807) is 7.11 Å². The highest BCUT2D eigenvalue weighted by Gasteiger charge is 2.02. The predicted octanol–water partition coefficient (Wildman–Crippen LogP) is 2.13. The van der Waals surface area contributed by atoms with Crippen molar-refractivity contribution in [2.24, 2.45) is 0 Å². The average Bonchev–Trinajstić information content (AvgIpc) is 2.26. The van der Waals surface area contributed by atoms with Crippen molar-refractivity contribution in [3.05, 3.63) is 35.4 Å². The fourth-order valence-electron chi connectivity index (χ4n) is 1.43. The van der Waals surface area contributed by atoms with Crippen LogP contribution < -0.4 is 5.32 Å². The summed E-state index contributed by atoms with van der Waals surface area (Å²) in [5.74, 6) is -0.989. The monoisotopic (exact) mass is 229 g/mol. The molecule has 0 saturated carbocycles. The van der Waals surface area contributed by atoms with Gasteiger partial charge in [0.05, 0.1) is 6.61 Å². The van der Waals surface area contributed by atoms with Crippen LogP contribution in [-0.2, 0) is 11.2 Å². The molecule has 16 heavy (non-hydrogen) atoms. The second-order valence-corrected chi connectivity index (χ2v) is 3.58. The van der Waals surface area contributed by atoms with Crippen molar-refractivity contribution < 1.29 is 13.5 Å². The Labute approximate surface area is 94.6 Å². The molecule has 0 heterocycles. The van der Waals surface area contributed by atoms with Crippen molar-refractivity contribution in [1.82, 2.24) is 5.32 Å². The van der Waals surface area contributed by atoms with Crippen LogP contribution in [0.4, 0.5) is 8.78 Å². The molecule has 0 atom stereocenters. The summed E-state index contributed by atoms with van der Waals surface area (Å²) in [6.45, 7) is 2.27. The van der Waals surface area contributed by atoms with Crippen LogP contribution in [0.5, 0.6) is 0 Å². The van der Waals surface area contributed by atoms with E-state index in [0.717, 1.165) is 25.6 Å². The summed E-state index contributed by atoms with van der Waals surface area (Å²) in [6.07, 6.45) is 1.44. The van der Waals surface area contributed by atoms with Crippen molar-refractivity contribution in [2.45, 2.75) is 12.8 Å². The summed E-state index contributed by atoms with van der Waals surface area (Å²) in [6, 6.07) is 3.71. The summed E-state index contributed by atoms with van der Waals surface area (Å²) < 4.78 is 30.7. The molecule has 1 N–H and O–H groups in total. The van der Waals surface area contributed by atoms with Crippen molar-refractivity contribution in [3.8, 4) is 0 Å². The molecule has 0 fully saturated rings. The molecule has 0 amide bonds. The van der Waals surface area contributed by atoms with Crippen molar-refractivity contribution in [1.29, 1.82) is 0 Å². The van der Waals surface area contributed by atoms with Gasteiger partial charge < -0.3 is 10.1 Å². The molecule has 0 saturated heterocycles. The zero-order valence-corrected chi connectivity index (χ0v) is 9.43. The van der Waals surface area contributed by atoms with Gasteiger partial charge in [-0.05, 0) is 31.0 Å². The minimum absolute atomic E-state index is 0.461. The van der Waals surface area contributed by atoms with Gasteiger partial charge in [-0.2, -0.15) is 0 Å².